The second-order valence-corrected chi connectivity index (χ2v) is 6.69. The number of rotatable bonds is 1. The Balaban J connectivity index is 2.35. The van der Waals surface area contributed by atoms with Gasteiger partial charge in [-0.05, 0) is 24.8 Å². The molecule has 0 aromatic carbocycles. The average Bonchev–Trinajstić information content (AvgIpc) is 1.90. The van der Waals surface area contributed by atoms with Crippen LogP contribution in [0.1, 0.15) is 19.3 Å². The lowest BCUT2D eigenvalue weighted by atomic mass is 10.1. The molecule has 1 rings (SSSR count). The van der Waals surface area contributed by atoms with Crippen molar-refractivity contribution in [1.82, 2.24) is 0 Å². The predicted octanol–water partition coefficient (Wildman–Crippen LogP) is 3.06. The summed E-state index contributed by atoms with van der Waals surface area (Å²) in [7, 11) is -1.04. The number of hydrogen-bond donors (Lipinski definition) is 0. The Morgan fingerprint density at radius 2 is 2.11 bits per heavy atom. The highest BCUT2D eigenvalue weighted by molar-refractivity contribution is 7.34. The van der Waals surface area contributed by atoms with Gasteiger partial charge in [0.1, 0.15) is 0 Å². The Hall–Kier alpha value is 0.537. The summed E-state index contributed by atoms with van der Waals surface area (Å²) in [5.74, 6) is 0. The summed E-state index contributed by atoms with van der Waals surface area (Å²) in [6, 6.07) is 0. The van der Waals surface area contributed by atoms with Crippen molar-refractivity contribution >= 4 is 29.6 Å². The van der Waals surface area contributed by atoms with Crippen LogP contribution in [0, 0.1) is 0 Å². The molecule has 1 aliphatic carbocycles. The number of hydrogen-bond acceptors (Lipinski definition) is 0. The Labute approximate surface area is 66.9 Å². The maximum Gasteiger partial charge on any atom is 0.277 e. The first-order chi connectivity index (χ1) is 4.30. The second-order valence-electron chi connectivity index (χ2n) is 2.27. The summed E-state index contributed by atoms with van der Waals surface area (Å²) in [6.07, 6.45) is 7.84. The molecule has 0 nitrogen and oxygen atoms in total. The molecular weight excluding hydrogens is 171 g/mol. The standard InChI is InChI=1S/C6H9Cl2Si/c7-9(8)6-4-2-1-3-5-6/h1-2,6H,3-5H2. The van der Waals surface area contributed by atoms with Gasteiger partial charge in [0, 0.05) is 0 Å². The third-order valence-electron chi connectivity index (χ3n) is 1.58. The van der Waals surface area contributed by atoms with Crippen molar-refractivity contribution in [2.24, 2.45) is 0 Å². The molecule has 0 fully saturated rings. The van der Waals surface area contributed by atoms with Crippen molar-refractivity contribution in [3.63, 3.8) is 0 Å². The van der Waals surface area contributed by atoms with Crippen LogP contribution in [-0.2, 0) is 0 Å². The van der Waals surface area contributed by atoms with Crippen LogP contribution < -0.4 is 0 Å². The molecule has 0 aromatic rings. The van der Waals surface area contributed by atoms with Gasteiger partial charge < -0.3 is 0 Å². The van der Waals surface area contributed by atoms with Gasteiger partial charge in [0.25, 0.3) is 7.42 Å². The van der Waals surface area contributed by atoms with E-state index in [0.29, 0.717) is 5.54 Å². The van der Waals surface area contributed by atoms with E-state index in [-0.39, 0.29) is 0 Å². The zero-order chi connectivity index (χ0) is 6.69. The highest BCUT2D eigenvalue weighted by Crippen LogP contribution is 2.30. The first-order valence-corrected chi connectivity index (χ1v) is 6.73. The maximum atomic E-state index is 5.79. The number of allylic oxidation sites excluding steroid dienone is 2. The lowest BCUT2D eigenvalue weighted by Gasteiger charge is -2.15. The number of halogens is 2. The molecule has 0 spiro atoms. The van der Waals surface area contributed by atoms with Gasteiger partial charge in [-0.1, -0.05) is 12.2 Å². The minimum absolute atomic E-state index is 0.600. The van der Waals surface area contributed by atoms with Crippen LogP contribution in [0.5, 0.6) is 0 Å². The highest BCUT2D eigenvalue weighted by atomic mass is 35.7. The van der Waals surface area contributed by atoms with E-state index in [0.717, 1.165) is 12.8 Å². The third-order valence-corrected chi connectivity index (χ3v) is 4.57. The molecule has 0 N–H and O–H groups in total. The lowest BCUT2D eigenvalue weighted by Crippen LogP contribution is -2.08. The van der Waals surface area contributed by atoms with Gasteiger partial charge in [0.2, 0.25) is 0 Å². The predicted molar refractivity (Wildman–Crippen MR) is 44.2 cm³/mol. The molecule has 0 saturated carbocycles. The Morgan fingerprint density at radius 3 is 2.44 bits per heavy atom. The molecule has 0 aromatic heterocycles. The molecule has 0 bridgehead atoms. The fourth-order valence-corrected chi connectivity index (χ4v) is 2.88. The van der Waals surface area contributed by atoms with E-state index in [1.54, 1.807) is 0 Å². The van der Waals surface area contributed by atoms with E-state index in [1.807, 2.05) is 0 Å². The SMILES string of the molecule is Cl[Si](Cl)C1CC=CCC1. The summed E-state index contributed by atoms with van der Waals surface area (Å²) in [4.78, 5) is 0. The summed E-state index contributed by atoms with van der Waals surface area (Å²) in [5, 5.41) is 0. The fourth-order valence-electron chi connectivity index (χ4n) is 0.992. The Morgan fingerprint density at radius 1 is 1.33 bits per heavy atom. The van der Waals surface area contributed by atoms with Crippen LogP contribution in [0.15, 0.2) is 12.2 Å². The first-order valence-electron chi connectivity index (χ1n) is 3.13. The highest BCUT2D eigenvalue weighted by Gasteiger charge is 2.19. The zero-order valence-electron chi connectivity index (χ0n) is 5.11. The first kappa shape index (κ1) is 7.64. The molecule has 0 amide bonds. The van der Waals surface area contributed by atoms with Crippen molar-refractivity contribution in [3.05, 3.63) is 12.2 Å². The van der Waals surface area contributed by atoms with Gasteiger partial charge in [0.15, 0.2) is 0 Å². The van der Waals surface area contributed by atoms with Gasteiger partial charge in [-0.25, -0.2) is 0 Å². The van der Waals surface area contributed by atoms with Crippen LogP contribution in [0.4, 0.5) is 0 Å². The molecular formula is C6H9Cl2Si. The molecule has 1 unspecified atom stereocenters. The summed E-state index contributed by atoms with van der Waals surface area (Å²) < 4.78 is 0. The van der Waals surface area contributed by atoms with Gasteiger partial charge in [-0.2, -0.15) is 0 Å². The minimum Gasteiger partial charge on any atom is -0.146 e. The molecule has 0 aliphatic heterocycles. The van der Waals surface area contributed by atoms with Crippen LogP contribution in [0.3, 0.4) is 0 Å². The molecule has 51 valence electrons. The van der Waals surface area contributed by atoms with Crippen molar-refractivity contribution < 1.29 is 0 Å². The molecule has 0 heterocycles. The molecule has 3 heteroatoms. The zero-order valence-corrected chi connectivity index (χ0v) is 7.62. The van der Waals surface area contributed by atoms with E-state index in [2.05, 4.69) is 12.2 Å². The largest absolute Gasteiger partial charge is 0.277 e. The van der Waals surface area contributed by atoms with Crippen LogP contribution >= 0.6 is 22.2 Å². The van der Waals surface area contributed by atoms with Crippen LogP contribution in [0.2, 0.25) is 5.54 Å². The summed E-state index contributed by atoms with van der Waals surface area (Å²) in [6.45, 7) is 0. The van der Waals surface area contributed by atoms with Crippen molar-refractivity contribution in [2.75, 3.05) is 0 Å². The molecule has 1 aliphatic rings. The van der Waals surface area contributed by atoms with E-state index in [1.165, 1.54) is 6.42 Å². The normalized spacial score (nSPS) is 27.2. The van der Waals surface area contributed by atoms with Gasteiger partial charge in [0.05, 0.1) is 0 Å². The van der Waals surface area contributed by atoms with Crippen LogP contribution in [-0.4, -0.2) is 7.42 Å². The van der Waals surface area contributed by atoms with Gasteiger partial charge in [-0.15, -0.1) is 22.2 Å². The van der Waals surface area contributed by atoms with E-state index >= 15 is 0 Å². The van der Waals surface area contributed by atoms with Gasteiger partial charge >= 0.3 is 0 Å². The topological polar surface area (TPSA) is 0 Å². The fraction of sp³-hybridized carbons (Fsp3) is 0.667. The molecule has 1 radical (unpaired) electrons. The Kier molecular flexibility index (Phi) is 3.09. The average molecular weight is 180 g/mol. The minimum atomic E-state index is -1.04. The van der Waals surface area contributed by atoms with Crippen molar-refractivity contribution in [1.29, 1.82) is 0 Å². The van der Waals surface area contributed by atoms with E-state index < -0.39 is 7.42 Å². The smallest absolute Gasteiger partial charge is 0.146 e. The van der Waals surface area contributed by atoms with E-state index in [4.69, 9.17) is 22.2 Å². The lowest BCUT2D eigenvalue weighted by molar-refractivity contribution is 0.723. The molecule has 0 saturated heterocycles. The molecule has 9 heavy (non-hydrogen) atoms. The van der Waals surface area contributed by atoms with E-state index in [9.17, 15) is 0 Å². The maximum absolute atomic E-state index is 5.79. The van der Waals surface area contributed by atoms with Crippen molar-refractivity contribution in [2.45, 2.75) is 24.8 Å². The summed E-state index contributed by atoms with van der Waals surface area (Å²) in [5.41, 5.74) is 0.600. The summed E-state index contributed by atoms with van der Waals surface area (Å²) >= 11 is 11.6. The third kappa shape index (κ3) is 2.32. The second kappa shape index (κ2) is 3.64. The van der Waals surface area contributed by atoms with Gasteiger partial charge in [-0.3, -0.25) is 0 Å². The van der Waals surface area contributed by atoms with Crippen molar-refractivity contribution in [3.8, 4) is 0 Å². The van der Waals surface area contributed by atoms with Crippen LogP contribution in [0.25, 0.3) is 0 Å². The molecule has 1 atom stereocenters. The monoisotopic (exact) mass is 179 g/mol. The quantitative estimate of drug-likeness (QED) is 0.330. The Bertz CT molecular complexity index is 112.